The van der Waals surface area contributed by atoms with Crippen LogP contribution in [-0.2, 0) is 20.8 Å². The molecule has 2 aromatic carbocycles. The molecule has 1 heterocycles. The lowest BCUT2D eigenvalue weighted by atomic mass is 9.72. The van der Waals surface area contributed by atoms with Gasteiger partial charge in [0.25, 0.3) is 7.48 Å². The number of ether oxygens (including phenoxy) is 3. The van der Waals surface area contributed by atoms with Crippen LogP contribution in [0.5, 0.6) is 17.2 Å². The van der Waals surface area contributed by atoms with Crippen molar-refractivity contribution in [3.8, 4) is 17.2 Å². The highest BCUT2D eigenvalue weighted by Crippen LogP contribution is 2.35. The molecule has 1 unspecified atom stereocenters. The minimum Gasteiger partial charge on any atom is -0.494 e. The van der Waals surface area contributed by atoms with Crippen molar-refractivity contribution in [2.24, 2.45) is 11.7 Å². The molecule has 37 heavy (non-hydrogen) atoms. The Morgan fingerprint density at radius 3 is 2.57 bits per heavy atom. The van der Waals surface area contributed by atoms with Crippen LogP contribution in [0, 0.1) is 5.92 Å². The molecule has 2 aromatic rings. The summed E-state index contributed by atoms with van der Waals surface area (Å²) in [5, 5.41) is 11.4. The van der Waals surface area contributed by atoms with Crippen LogP contribution in [0.15, 0.2) is 47.4 Å². The van der Waals surface area contributed by atoms with Gasteiger partial charge in [-0.15, -0.1) is 0 Å². The number of benzene rings is 2. The average molecular weight is 533 g/mol. The predicted molar refractivity (Wildman–Crippen MR) is 150 cm³/mol. The van der Waals surface area contributed by atoms with E-state index in [0.717, 1.165) is 24.2 Å². The summed E-state index contributed by atoms with van der Waals surface area (Å²) in [4.78, 5) is 0.540. The zero-order chi connectivity index (χ0) is 26.8. The van der Waals surface area contributed by atoms with Gasteiger partial charge in [-0.2, -0.15) is 0 Å². The van der Waals surface area contributed by atoms with Gasteiger partial charge in [-0.05, 0) is 60.3 Å². The molecule has 0 saturated carbocycles. The van der Waals surface area contributed by atoms with E-state index >= 15 is 0 Å². The second-order valence-electron chi connectivity index (χ2n) is 9.81. The van der Waals surface area contributed by atoms with Gasteiger partial charge in [-0.25, -0.2) is 8.51 Å². The Bertz CT molecular complexity index is 1080. The molecule has 0 aliphatic carbocycles. The van der Waals surface area contributed by atoms with Gasteiger partial charge < -0.3 is 29.7 Å². The number of hydrogen-bond donors (Lipinski definition) is 2. The van der Waals surface area contributed by atoms with Crippen molar-refractivity contribution in [1.82, 2.24) is 4.31 Å². The molecule has 1 aliphatic heterocycles. The number of aliphatic hydroxyl groups excluding tert-OH is 1. The maximum absolute atomic E-state index is 14.0. The summed E-state index contributed by atoms with van der Waals surface area (Å²) >= 11 is 0. The first kappa shape index (κ1) is 29.3. The number of unbranched alkanes of at least 4 members (excludes halogenated alkanes) is 1. The molecule has 3 atom stereocenters. The Labute approximate surface area is 222 Å². The van der Waals surface area contributed by atoms with Crippen molar-refractivity contribution >= 4 is 23.1 Å². The SMILES string of the molecule is C=S(=O)(c1ccc2c(c1)OCO2)N(CC(C)C)C[C@@H](O)[C@@H](BOCN)Cc1ccc(OCCCC)cc1. The van der Waals surface area contributed by atoms with E-state index in [-0.39, 0.29) is 39.3 Å². The summed E-state index contributed by atoms with van der Waals surface area (Å²) in [5.41, 5.74) is 6.65. The molecule has 8 nitrogen and oxygen atoms in total. The van der Waals surface area contributed by atoms with Crippen molar-refractivity contribution < 1.29 is 28.2 Å². The summed E-state index contributed by atoms with van der Waals surface area (Å²) in [6, 6.07) is 13.1. The molecule has 204 valence electrons. The first-order valence-corrected chi connectivity index (χ1v) is 14.6. The van der Waals surface area contributed by atoms with Crippen LogP contribution in [0.4, 0.5) is 0 Å². The first-order chi connectivity index (χ1) is 17.7. The fourth-order valence-corrected chi connectivity index (χ4v) is 5.99. The lowest BCUT2D eigenvalue weighted by molar-refractivity contribution is 0.129. The zero-order valence-corrected chi connectivity index (χ0v) is 23.1. The monoisotopic (exact) mass is 532 g/mol. The van der Waals surface area contributed by atoms with Crippen LogP contribution in [-0.4, -0.2) is 66.3 Å². The summed E-state index contributed by atoms with van der Waals surface area (Å²) in [7, 11) is -2.62. The van der Waals surface area contributed by atoms with E-state index in [9.17, 15) is 9.32 Å². The number of nitrogens with zero attached hydrogens (tertiary/aromatic N) is 1. The van der Waals surface area contributed by atoms with Crippen molar-refractivity contribution in [2.45, 2.75) is 56.9 Å². The third kappa shape index (κ3) is 8.38. The van der Waals surface area contributed by atoms with E-state index in [4.69, 9.17) is 24.6 Å². The second-order valence-corrected chi connectivity index (χ2v) is 12.1. The highest BCUT2D eigenvalue weighted by atomic mass is 32.2. The first-order valence-electron chi connectivity index (χ1n) is 12.9. The molecule has 0 fully saturated rings. The van der Waals surface area contributed by atoms with E-state index in [2.05, 4.69) is 12.8 Å². The highest BCUT2D eigenvalue weighted by molar-refractivity contribution is 7.98. The van der Waals surface area contributed by atoms with Crippen LogP contribution in [0.1, 0.15) is 39.2 Å². The van der Waals surface area contributed by atoms with Crippen molar-refractivity contribution in [3.63, 3.8) is 0 Å². The average Bonchev–Trinajstić information content (AvgIpc) is 3.35. The van der Waals surface area contributed by atoms with E-state index in [0.29, 0.717) is 36.0 Å². The fourth-order valence-electron chi connectivity index (χ4n) is 4.19. The van der Waals surface area contributed by atoms with Crippen LogP contribution >= 0.6 is 0 Å². The molecule has 0 spiro atoms. The molecule has 3 rings (SSSR count). The Balaban J connectivity index is 1.75. The molecular formula is C27H41BN2O6S. The summed E-state index contributed by atoms with van der Waals surface area (Å²) in [6.07, 6.45) is 1.86. The summed E-state index contributed by atoms with van der Waals surface area (Å²) in [6.45, 7) is 7.80. The number of nitrogens with two attached hydrogens (primary N) is 1. The third-order valence-corrected chi connectivity index (χ3v) is 8.39. The van der Waals surface area contributed by atoms with Gasteiger partial charge in [0.1, 0.15) is 5.75 Å². The number of aliphatic hydroxyl groups is 1. The zero-order valence-electron chi connectivity index (χ0n) is 22.3. The Hall–Kier alpha value is -2.24. The largest absolute Gasteiger partial charge is 0.494 e. The lowest BCUT2D eigenvalue weighted by Gasteiger charge is -2.32. The molecule has 1 aliphatic rings. The normalized spacial score (nSPS) is 16.0. The maximum Gasteiger partial charge on any atom is 0.282 e. The minimum absolute atomic E-state index is 0.0619. The summed E-state index contributed by atoms with van der Waals surface area (Å²) < 4.78 is 38.0. The van der Waals surface area contributed by atoms with Gasteiger partial charge in [0.15, 0.2) is 11.5 Å². The van der Waals surface area contributed by atoms with E-state index < -0.39 is 15.8 Å². The maximum atomic E-state index is 14.0. The Kier molecular flexibility index (Phi) is 11.1. The van der Waals surface area contributed by atoms with Gasteiger partial charge in [0.05, 0.1) is 29.1 Å². The minimum atomic E-state index is -2.90. The fraction of sp³-hybridized carbons (Fsp3) is 0.519. The van der Waals surface area contributed by atoms with Gasteiger partial charge >= 0.3 is 0 Å². The Morgan fingerprint density at radius 1 is 1.16 bits per heavy atom. The number of rotatable bonds is 16. The van der Waals surface area contributed by atoms with Gasteiger partial charge in [-0.3, -0.25) is 0 Å². The quantitative estimate of drug-likeness (QED) is 0.148. The summed E-state index contributed by atoms with van der Waals surface area (Å²) in [5.74, 6) is 6.06. The van der Waals surface area contributed by atoms with E-state index in [1.807, 2.05) is 38.1 Å². The van der Waals surface area contributed by atoms with Crippen molar-refractivity contribution in [1.29, 1.82) is 0 Å². The molecule has 0 aromatic heterocycles. The van der Waals surface area contributed by atoms with Crippen LogP contribution in [0.25, 0.3) is 0 Å². The van der Waals surface area contributed by atoms with Crippen LogP contribution < -0.4 is 19.9 Å². The molecule has 10 heteroatoms. The molecule has 0 saturated heterocycles. The van der Waals surface area contributed by atoms with Crippen molar-refractivity contribution in [3.05, 3.63) is 48.0 Å². The highest BCUT2D eigenvalue weighted by Gasteiger charge is 2.29. The van der Waals surface area contributed by atoms with Crippen LogP contribution in [0.3, 0.4) is 0 Å². The Morgan fingerprint density at radius 2 is 1.89 bits per heavy atom. The number of hydrogen-bond acceptors (Lipinski definition) is 7. The van der Waals surface area contributed by atoms with E-state index in [1.54, 1.807) is 22.5 Å². The third-order valence-electron chi connectivity index (χ3n) is 6.27. The van der Waals surface area contributed by atoms with Crippen molar-refractivity contribution in [2.75, 3.05) is 33.2 Å². The molecule has 0 radical (unpaired) electrons. The lowest BCUT2D eigenvalue weighted by Crippen LogP contribution is -2.42. The molecule has 0 amide bonds. The smallest absolute Gasteiger partial charge is 0.282 e. The molecule has 0 bridgehead atoms. The molecule has 3 N–H and O–H groups in total. The van der Waals surface area contributed by atoms with Gasteiger partial charge in [0.2, 0.25) is 6.79 Å². The number of fused-ring (bicyclic) bond motifs is 1. The predicted octanol–water partition coefficient (Wildman–Crippen LogP) is 3.22. The van der Waals surface area contributed by atoms with E-state index in [1.165, 1.54) is 0 Å². The van der Waals surface area contributed by atoms with Gasteiger partial charge in [0, 0.05) is 24.1 Å². The standard InChI is InChI=1S/C27H41BN2O6S/c1-5-6-13-33-22-9-7-21(8-10-22)14-24(28-36-18-29)25(31)17-30(16-20(2)3)37(4,32)23-11-12-26-27(15-23)35-19-34-26/h7-12,15,20,24-25,28,31H,4-6,13-14,16-19,29H2,1-3H3/t24-,25+,37?/m0/s1. The molecular weight excluding hydrogens is 491 g/mol. The van der Waals surface area contributed by atoms with Crippen LogP contribution in [0.2, 0.25) is 5.82 Å². The topological polar surface area (TPSA) is 103 Å². The van der Waals surface area contributed by atoms with Gasteiger partial charge in [-0.1, -0.05) is 39.3 Å². The second kappa shape index (κ2) is 14.1.